The monoisotopic (exact) mass is 218 g/mol. The van der Waals surface area contributed by atoms with Crippen LogP contribution in [0.3, 0.4) is 0 Å². The molecule has 1 rings (SSSR count). The summed E-state index contributed by atoms with van der Waals surface area (Å²) < 4.78 is 22.8. The summed E-state index contributed by atoms with van der Waals surface area (Å²) in [5.74, 6) is 0. The van der Waals surface area contributed by atoms with Gasteiger partial charge < -0.3 is 9.27 Å². The Morgan fingerprint density at radius 3 is 2.77 bits per heavy atom. The third-order valence-corrected chi connectivity index (χ3v) is 2.33. The largest absolute Gasteiger partial charge is 0.755 e. The Morgan fingerprint density at radius 2 is 2.31 bits per heavy atom. The lowest BCUT2D eigenvalue weighted by Crippen LogP contribution is -2.02. The van der Waals surface area contributed by atoms with E-state index in [1.165, 1.54) is 0 Å². The Bertz CT molecular complexity index is 330. The highest BCUT2D eigenvalue weighted by Gasteiger charge is 1.99. The molecule has 0 bridgehead atoms. The molecule has 13 heavy (non-hydrogen) atoms. The number of hydrogen-bond donors (Lipinski definition) is 1. The fourth-order valence-electron chi connectivity index (χ4n) is 0.951. The number of nitrogens with one attached hydrogen (secondary N) is 1. The van der Waals surface area contributed by atoms with Crippen LogP contribution in [-0.4, -0.2) is 8.76 Å². The van der Waals surface area contributed by atoms with Crippen LogP contribution in [0.4, 0.5) is 5.69 Å². The molecule has 1 aromatic carbocycles. The first-order valence-corrected chi connectivity index (χ1v) is 5.23. The van der Waals surface area contributed by atoms with Crippen LogP contribution < -0.4 is 4.72 Å². The number of benzene rings is 1. The van der Waals surface area contributed by atoms with Gasteiger partial charge in [-0.25, -0.2) is 0 Å². The van der Waals surface area contributed by atoms with Crippen molar-refractivity contribution < 1.29 is 8.76 Å². The third-order valence-electron chi connectivity index (χ3n) is 1.64. The van der Waals surface area contributed by atoms with Crippen molar-refractivity contribution in [2.45, 2.75) is 13.3 Å². The molecule has 5 heteroatoms. The molecule has 0 aliphatic heterocycles. The lowest BCUT2D eigenvalue weighted by molar-refractivity contribution is 0.542. The lowest BCUT2D eigenvalue weighted by atomic mass is 10.1. The van der Waals surface area contributed by atoms with Gasteiger partial charge in [0.25, 0.3) is 0 Å². The maximum absolute atomic E-state index is 10.3. The second kappa shape index (κ2) is 4.60. The standard InChI is InChI=1S/C8H10ClNO2S/c1-2-6-3-4-8(7(9)5-6)10-13(11)12/h3-5,10H,2H2,1H3,(H,11,12)/p-1. The smallest absolute Gasteiger partial charge is 0.0649 e. The topological polar surface area (TPSA) is 52.2 Å². The molecule has 0 spiro atoms. The summed E-state index contributed by atoms with van der Waals surface area (Å²) >= 11 is 3.50. The first-order valence-electron chi connectivity index (χ1n) is 3.78. The number of aryl methyl sites for hydroxylation is 1. The van der Waals surface area contributed by atoms with E-state index in [0.29, 0.717) is 10.7 Å². The van der Waals surface area contributed by atoms with Crippen molar-refractivity contribution in [1.29, 1.82) is 0 Å². The van der Waals surface area contributed by atoms with Gasteiger partial charge in [0.05, 0.1) is 10.7 Å². The van der Waals surface area contributed by atoms with E-state index in [0.717, 1.165) is 12.0 Å². The Morgan fingerprint density at radius 1 is 1.62 bits per heavy atom. The van der Waals surface area contributed by atoms with E-state index in [-0.39, 0.29) is 0 Å². The predicted octanol–water partition coefficient (Wildman–Crippen LogP) is 2.11. The molecule has 1 aromatic rings. The Hall–Kier alpha value is -0.580. The van der Waals surface area contributed by atoms with Gasteiger partial charge in [0.15, 0.2) is 0 Å². The molecule has 0 radical (unpaired) electrons. The first kappa shape index (κ1) is 10.5. The summed E-state index contributed by atoms with van der Waals surface area (Å²) in [6.07, 6.45) is 0.875. The normalized spacial score (nSPS) is 12.5. The van der Waals surface area contributed by atoms with Crippen LogP contribution in [-0.2, 0) is 17.7 Å². The molecular weight excluding hydrogens is 210 g/mol. The van der Waals surface area contributed by atoms with Gasteiger partial charge >= 0.3 is 0 Å². The van der Waals surface area contributed by atoms with Gasteiger partial charge in [-0.1, -0.05) is 24.6 Å². The lowest BCUT2D eigenvalue weighted by Gasteiger charge is -2.10. The van der Waals surface area contributed by atoms with E-state index in [1.807, 2.05) is 13.0 Å². The molecule has 1 atom stereocenters. The minimum atomic E-state index is -2.32. The van der Waals surface area contributed by atoms with Crippen LogP contribution in [0.15, 0.2) is 18.2 Å². The predicted molar refractivity (Wildman–Crippen MR) is 53.4 cm³/mol. The van der Waals surface area contributed by atoms with E-state index in [9.17, 15) is 8.76 Å². The molecule has 0 fully saturated rings. The third kappa shape index (κ3) is 2.99. The molecule has 1 unspecified atom stereocenters. The Labute approximate surface area is 84.5 Å². The van der Waals surface area contributed by atoms with Gasteiger partial charge in [-0.3, -0.25) is 4.21 Å². The fraction of sp³-hybridized carbons (Fsp3) is 0.250. The highest BCUT2D eigenvalue weighted by molar-refractivity contribution is 7.80. The molecule has 0 aliphatic carbocycles. The van der Waals surface area contributed by atoms with E-state index in [1.54, 1.807) is 12.1 Å². The minimum Gasteiger partial charge on any atom is -0.755 e. The fourth-order valence-corrected chi connectivity index (χ4v) is 1.62. The maximum Gasteiger partial charge on any atom is 0.0649 e. The minimum absolute atomic E-state index is 0.409. The van der Waals surface area contributed by atoms with Crippen LogP contribution in [0.25, 0.3) is 0 Å². The number of halogens is 1. The van der Waals surface area contributed by atoms with Crippen molar-refractivity contribution in [2.75, 3.05) is 4.72 Å². The summed E-state index contributed by atoms with van der Waals surface area (Å²) in [5.41, 5.74) is 1.49. The van der Waals surface area contributed by atoms with Crippen LogP contribution in [0.5, 0.6) is 0 Å². The van der Waals surface area contributed by atoms with Gasteiger partial charge in [-0.2, -0.15) is 0 Å². The quantitative estimate of drug-likeness (QED) is 0.790. The average Bonchev–Trinajstić information content (AvgIpc) is 2.08. The average molecular weight is 219 g/mol. The Balaban J connectivity index is 2.91. The molecule has 0 amide bonds. The van der Waals surface area contributed by atoms with Crippen molar-refractivity contribution in [3.8, 4) is 0 Å². The summed E-state index contributed by atoms with van der Waals surface area (Å²) in [7, 11) is 0. The number of anilines is 1. The van der Waals surface area contributed by atoms with Crippen molar-refractivity contribution >= 4 is 28.6 Å². The van der Waals surface area contributed by atoms with E-state index in [4.69, 9.17) is 11.6 Å². The molecule has 0 aromatic heterocycles. The Kier molecular flexibility index (Phi) is 3.71. The molecule has 0 saturated carbocycles. The molecule has 0 heterocycles. The van der Waals surface area contributed by atoms with Crippen LogP contribution in [0.1, 0.15) is 12.5 Å². The van der Waals surface area contributed by atoms with Gasteiger partial charge in [0, 0.05) is 11.3 Å². The van der Waals surface area contributed by atoms with Crippen molar-refractivity contribution in [3.63, 3.8) is 0 Å². The summed E-state index contributed by atoms with van der Waals surface area (Å²) in [6.45, 7) is 2.00. The highest BCUT2D eigenvalue weighted by Crippen LogP contribution is 2.23. The van der Waals surface area contributed by atoms with Gasteiger partial charge in [-0.15, -0.1) is 0 Å². The van der Waals surface area contributed by atoms with E-state index in [2.05, 4.69) is 4.72 Å². The van der Waals surface area contributed by atoms with Crippen LogP contribution in [0.2, 0.25) is 5.02 Å². The second-order valence-corrected chi connectivity index (χ2v) is 3.59. The maximum atomic E-state index is 10.3. The summed E-state index contributed by atoms with van der Waals surface area (Å²) in [5, 5.41) is 0.420. The molecule has 0 aliphatic rings. The van der Waals surface area contributed by atoms with E-state index >= 15 is 0 Å². The molecule has 0 saturated heterocycles. The zero-order valence-electron chi connectivity index (χ0n) is 7.04. The zero-order chi connectivity index (χ0) is 9.84. The van der Waals surface area contributed by atoms with Crippen LogP contribution in [0, 0.1) is 0 Å². The zero-order valence-corrected chi connectivity index (χ0v) is 8.61. The summed E-state index contributed by atoms with van der Waals surface area (Å²) in [6, 6.07) is 5.23. The molecule has 72 valence electrons. The number of rotatable bonds is 3. The SMILES string of the molecule is CCc1ccc(NS(=O)[O-])c(Cl)c1. The van der Waals surface area contributed by atoms with E-state index < -0.39 is 11.3 Å². The second-order valence-electron chi connectivity index (χ2n) is 2.50. The summed E-state index contributed by atoms with van der Waals surface area (Å²) in [4.78, 5) is 0. The van der Waals surface area contributed by atoms with Gasteiger partial charge in [0.2, 0.25) is 0 Å². The first-order chi connectivity index (χ1) is 6.13. The van der Waals surface area contributed by atoms with Crippen molar-refractivity contribution in [3.05, 3.63) is 28.8 Å². The molecule has 3 nitrogen and oxygen atoms in total. The highest BCUT2D eigenvalue weighted by atomic mass is 35.5. The molecular formula is C8H9ClNO2S-. The van der Waals surface area contributed by atoms with Gasteiger partial charge in [0.1, 0.15) is 0 Å². The van der Waals surface area contributed by atoms with Crippen molar-refractivity contribution in [2.24, 2.45) is 0 Å². The molecule has 1 N–H and O–H groups in total. The van der Waals surface area contributed by atoms with Crippen LogP contribution >= 0.6 is 11.6 Å². The van der Waals surface area contributed by atoms with Crippen molar-refractivity contribution in [1.82, 2.24) is 0 Å². The number of hydrogen-bond acceptors (Lipinski definition) is 2. The van der Waals surface area contributed by atoms with Gasteiger partial charge in [-0.05, 0) is 24.1 Å².